The summed E-state index contributed by atoms with van der Waals surface area (Å²) in [6.45, 7) is 5.91. The van der Waals surface area contributed by atoms with Crippen LogP contribution in [-0.2, 0) is 11.2 Å². The van der Waals surface area contributed by atoms with Gasteiger partial charge in [0.1, 0.15) is 11.9 Å². The van der Waals surface area contributed by atoms with Crippen LogP contribution in [-0.4, -0.2) is 81.1 Å². The normalized spacial score (nSPS) is 18.1. The lowest BCUT2D eigenvalue weighted by Gasteiger charge is -2.45. The van der Waals surface area contributed by atoms with E-state index in [4.69, 9.17) is 0 Å². The molecule has 9 heteroatoms. The van der Waals surface area contributed by atoms with Crippen LogP contribution >= 0.6 is 0 Å². The first-order chi connectivity index (χ1) is 17.1. The molecule has 1 aromatic heterocycles. The van der Waals surface area contributed by atoms with Crippen LogP contribution in [0.5, 0.6) is 0 Å². The van der Waals surface area contributed by atoms with E-state index in [9.17, 15) is 15.3 Å². The maximum atomic E-state index is 13.2. The Morgan fingerprint density at radius 3 is 2.54 bits per heavy atom. The number of nitrogens with zero attached hydrogens (tertiary/aromatic N) is 7. The van der Waals surface area contributed by atoms with Gasteiger partial charge in [-0.2, -0.15) is 15.6 Å². The standard InChI is InChI=1S/C26H26N8O/c1-18-29-25(31-30-18)22-7-6-21(23(14-22)20-4-2-19(15-27)3-5-20)8-9-34-13-12-33-11-10-32(17-28)16-24(33)26(34)35/h2-7,14,24H,8-13,16H2,1H3,(H,29,30,31). The lowest BCUT2D eigenvalue weighted by Crippen LogP contribution is -2.64. The summed E-state index contributed by atoms with van der Waals surface area (Å²) in [5, 5.41) is 25.6. The number of benzene rings is 2. The predicted molar refractivity (Wildman–Crippen MR) is 130 cm³/mol. The molecule has 2 aromatic carbocycles. The van der Waals surface area contributed by atoms with Crippen molar-refractivity contribution in [2.45, 2.75) is 19.4 Å². The molecule has 9 nitrogen and oxygen atoms in total. The fourth-order valence-electron chi connectivity index (χ4n) is 4.86. The average molecular weight is 467 g/mol. The summed E-state index contributed by atoms with van der Waals surface area (Å²) in [4.78, 5) is 23.5. The number of rotatable bonds is 5. The second-order valence-corrected chi connectivity index (χ2v) is 8.98. The van der Waals surface area contributed by atoms with Gasteiger partial charge in [-0.05, 0) is 48.2 Å². The SMILES string of the molecule is Cc1nc(-c2ccc(CCN3CCN4CCN(C#N)CC4C3=O)c(-c3ccc(C#N)cc3)c2)n[nH]1. The van der Waals surface area contributed by atoms with Crippen molar-refractivity contribution in [1.82, 2.24) is 29.9 Å². The summed E-state index contributed by atoms with van der Waals surface area (Å²) < 4.78 is 0. The van der Waals surface area contributed by atoms with Crippen molar-refractivity contribution in [2.24, 2.45) is 0 Å². The minimum absolute atomic E-state index is 0.101. The molecule has 35 heavy (non-hydrogen) atoms. The fraction of sp³-hybridized carbons (Fsp3) is 0.346. The highest BCUT2D eigenvalue weighted by atomic mass is 16.2. The highest BCUT2D eigenvalue weighted by Crippen LogP contribution is 2.30. The van der Waals surface area contributed by atoms with Crippen LogP contribution in [0.4, 0.5) is 0 Å². The number of nitrogens with one attached hydrogen (secondary N) is 1. The smallest absolute Gasteiger partial charge is 0.241 e. The van der Waals surface area contributed by atoms with Crippen molar-refractivity contribution in [3.63, 3.8) is 0 Å². The number of fused-ring (bicyclic) bond motifs is 1. The highest BCUT2D eigenvalue weighted by Gasteiger charge is 2.38. The minimum Gasteiger partial charge on any atom is -0.340 e. The molecule has 5 rings (SSSR count). The fourth-order valence-corrected chi connectivity index (χ4v) is 4.86. The molecule has 2 saturated heterocycles. The molecule has 2 fully saturated rings. The Morgan fingerprint density at radius 2 is 1.83 bits per heavy atom. The summed E-state index contributed by atoms with van der Waals surface area (Å²) >= 11 is 0. The number of amides is 1. The topological polar surface area (TPSA) is 116 Å². The molecule has 1 amide bonds. The molecular weight excluding hydrogens is 440 g/mol. The Bertz CT molecular complexity index is 1320. The van der Waals surface area contributed by atoms with Crippen molar-refractivity contribution in [1.29, 1.82) is 10.5 Å². The molecule has 3 heterocycles. The van der Waals surface area contributed by atoms with E-state index in [0.29, 0.717) is 44.0 Å². The van der Waals surface area contributed by atoms with E-state index >= 15 is 0 Å². The Balaban J connectivity index is 1.39. The third-order valence-corrected chi connectivity index (χ3v) is 6.83. The van der Waals surface area contributed by atoms with Crippen LogP contribution in [0.1, 0.15) is 17.0 Å². The van der Waals surface area contributed by atoms with E-state index in [1.165, 1.54) is 0 Å². The first-order valence-electron chi connectivity index (χ1n) is 11.8. The summed E-state index contributed by atoms with van der Waals surface area (Å²) in [5.41, 5.74) is 4.66. The predicted octanol–water partition coefficient (Wildman–Crippen LogP) is 2.17. The van der Waals surface area contributed by atoms with Gasteiger partial charge < -0.3 is 9.80 Å². The highest BCUT2D eigenvalue weighted by molar-refractivity contribution is 5.83. The lowest BCUT2D eigenvalue weighted by molar-refractivity contribution is -0.144. The molecule has 0 aliphatic carbocycles. The van der Waals surface area contributed by atoms with Crippen LogP contribution < -0.4 is 0 Å². The van der Waals surface area contributed by atoms with E-state index in [2.05, 4.69) is 44.5 Å². The van der Waals surface area contributed by atoms with Gasteiger partial charge in [0.05, 0.1) is 18.2 Å². The van der Waals surface area contributed by atoms with Crippen molar-refractivity contribution < 1.29 is 4.79 Å². The van der Waals surface area contributed by atoms with Crippen LogP contribution in [0, 0.1) is 29.7 Å². The molecule has 0 bridgehead atoms. The lowest BCUT2D eigenvalue weighted by atomic mass is 9.94. The van der Waals surface area contributed by atoms with Crippen LogP contribution in [0.2, 0.25) is 0 Å². The molecule has 0 spiro atoms. The number of hydrogen-bond acceptors (Lipinski definition) is 7. The molecule has 1 atom stereocenters. The average Bonchev–Trinajstić information content (AvgIpc) is 3.34. The number of aryl methyl sites for hydroxylation is 1. The molecule has 1 unspecified atom stereocenters. The van der Waals surface area contributed by atoms with Crippen molar-refractivity contribution in [3.05, 3.63) is 59.4 Å². The number of piperazine rings is 2. The largest absolute Gasteiger partial charge is 0.340 e. The molecule has 0 radical (unpaired) electrons. The van der Waals surface area contributed by atoms with Gasteiger partial charge in [-0.15, -0.1) is 0 Å². The Labute approximate surface area is 204 Å². The van der Waals surface area contributed by atoms with E-state index in [0.717, 1.165) is 41.2 Å². The summed E-state index contributed by atoms with van der Waals surface area (Å²) in [6.07, 6.45) is 2.89. The van der Waals surface area contributed by atoms with E-state index in [-0.39, 0.29) is 11.9 Å². The van der Waals surface area contributed by atoms with Gasteiger partial charge in [0, 0.05) is 38.3 Å². The van der Waals surface area contributed by atoms with E-state index in [1.807, 2.05) is 42.2 Å². The number of hydrogen-bond donors (Lipinski definition) is 1. The van der Waals surface area contributed by atoms with Gasteiger partial charge in [0.15, 0.2) is 12.0 Å². The number of nitriles is 2. The van der Waals surface area contributed by atoms with Gasteiger partial charge in [0.25, 0.3) is 0 Å². The summed E-state index contributed by atoms with van der Waals surface area (Å²) in [7, 11) is 0. The molecule has 1 N–H and O–H groups in total. The number of carbonyl (C=O) groups excluding carboxylic acids is 1. The summed E-state index contributed by atoms with van der Waals surface area (Å²) in [5.74, 6) is 1.48. The van der Waals surface area contributed by atoms with Gasteiger partial charge >= 0.3 is 0 Å². The third kappa shape index (κ3) is 4.59. The molecule has 176 valence electrons. The number of aromatic amines is 1. The molecule has 3 aromatic rings. The zero-order chi connectivity index (χ0) is 24.4. The van der Waals surface area contributed by atoms with E-state index < -0.39 is 0 Å². The maximum absolute atomic E-state index is 13.2. The Kier molecular flexibility index (Phi) is 6.17. The maximum Gasteiger partial charge on any atom is 0.241 e. The molecular formula is C26H26N8O. The van der Waals surface area contributed by atoms with Gasteiger partial charge in [-0.1, -0.05) is 24.3 Å². The zero-order valence-electron chi connectivity index (χ0n) is 19.6. The van der Waals surface area contributed by atoms with Crippen molar-refractivity contribution in [3.8, 4) is 34.8 Å². The van der Waals surface area contributed by atoms with Gasteiger partial charge in [0.2, 0.25) is 5.91 Å². The quantitative estimate of drug-likeness (QED) is 0.573. The third-order valence-electron chi connectivity index (χ3n) is 6.83. The Hall–Kier alpha value is -4.21. The zero-order valence-corrected chi connectivity index (χ0v) is 19.6. The first-order valence-corrected chi connectivity index (χ1v) is 11.8. The number of H-pyrrole nitrogens is 1. The van der Waals surface area contributed by atoms with Crippen LogP contribution in [0.3, 0.4) is 0 Å². The second-order valence-electron chi connectivity index (χ2n) is 8.98. The summed E-state index contributed by atoms with van der Waals surface area (Å²) in [6, 6.07) is 15.6. The number of aromatic nitrogens is 3. The number of carbonyl (C=O) groups is 1. The first kappa shape index (κ1) is 22.6. The van der Waals surface area contributed by atoms with Gasteiger partial charge in [-0.25, -0.2) is 4.98 Å². The molecule has 2 aliphatic heterocycles. The van der Waals surface area contributed by atoms with Crippen molar-refractivity contribution >= 4 is 5.91 Å². The van der Waals surface area contributed by atoms with Crippen LogP contribution in [0.15, 0.2) is 42.5 Å². The molecule has 0 saturated carbocycles. The van der Waals surface area contributed by atoms with E-state index in [1.54, 1.807) is 4.90 Å². The van der Waals surface area contributed by atoms with Crippen molar-refractivity contribution in [2.75, 3.05) is 39.3 Å². The molecule has 2 aliphatic rings. The second kappa shape index (κ2) is 9.57. The Morgan fingerprint density at radius 1 is 1.06 bits per heavy atom. The van der Waals surface area contributed by atoms with Crippen LogP contribution in [0.25, 0.3) is 22.5 Å². The minimum atomic E-state index is -0.244. The van der Waals surface area contributed by atoms with Gasteiger partial charge in [-0.3, -0.25) is 14.8 Å². The monoisotopic (exact) mass is 466 g/mol.